The molecule has 0 saturated heterocycles. The molecule has 2 atom stereocenters. The highest BCUT2D eigenvalue weighted by Crippen LogP contribution is 2.31. The van der Waals surface area contributed by atoms with Crippen molar-refractivity contribution in [3.63, 3.8) is 0 Å². The number of hydrogen-bond acceptors (Lipinski definition) is 0. The summed E-state index contributed by atoms with van der Waals surface area (Å²) in [5.41, 5.74) is 4.71. The lowest BCUT2D eigenvalue weighted by Gasteiger charge is -2.28. The summed E-state index contributed by atoms with van der Waals surface area (Å²) in [7, 11) is 0. The van der Waals surface area contributed by atoms with E-state index in [0.29, 0.717) is 5.92 Å². The molecular weight excluding hydrogens is 276 g/mol. The van der Waals surface area contributed by atoms with Gasteiger partial charge in [-0.3, -0.25) is 0 Å². The molecule has 0 aromatic heterocycles. The molecule has 0 radical (unpaired) electrons. The van der Waals surface area contributed by atoms with E-state index < -0.39 is 0 Å². The Morgan fingerprint density at radius 2 is 1.43 bits per heavy atom. The van der Waals surface area contributed by atoms with E-state index in [1.807, 2.05) is 0 Å². The zero-order valence-corrected chi connectivity index (χ0v) is 15.5. The first kappa shape index (κ1) is 17.8. The highest BCUT2D eigenvalue weighted by Gasteiger charge is 2.22. The predicted molar refractivity (Wildman–Crippen MR) is 102 cm³/mol. The van der Waals surface area contributed by atoms with Crippen LogP contribution in [0.15, 0.2) is 54.6 Å². The SMILES string of the molecule is CCC(C)C(Cc1ccccc1)Cc1ccccc1C(C)(C)C. The molecule has 0 fully saturated rings. The van der Waals surface area contributed by atoms with Crippen LogP contribution in [0.3, 0.4) is 0 Å². The molecule has 23 heavy (non-hydrogen) atoms. The average molecular weight is 309 g/mol. The minimum Gasteiger partial charge on any atom is -0.0651 e. The fourth-order valence-corrected chi connectivity index (χ4v) is 3.44. The maximum atomic E-state index is 2.41. The fourth-order valence-electron chi connectivity index (χ4n) is 3.44. The molecule has 0 heteroatoms. The molecule has 0 saturated carbocycles. The highest BCUT2D eigenvalue weighted by molar-refractivity contribution is 5.33. The Hall–Kier alpha value is -1.56. The van der Waals surface area contributed by atoms with Gasteiger partial charge in [-0.25, -0.2) is 0 Å². The average Bonchev–Trinajstić information content (AvgIpc) is 2.54. The second-order valence-corrected chi connectivity index (χ2v) is 7.95. The van der Waals surface area contributed by atoms with Crippen LogP contribution in [0, 0.1) is 11.8 Å². The molecule has 2 aromatic rings. The topological polar surface area (TPSA) is 0 Å². The largest absolute Gasteiger partial charge is 0.0651 e. The Morgan fingerprint density at radius 3 is 2.04 bits per heavy atom. The van der Waals surface area contributed by atoms with E-state index in [-0.39, 0.29) is 5.41 Å². The molecule has 0 N–H and O–H groups in total. The van der Waals surface area contributed by atoms with Crippen molar-refractivity contribution in [1.29, 1.82) is 0 Å². The molecule has 2 aromatic carbocycles. The number of benzene rings is 2. The van der Waals surface area contributed by atoms with Gasteiger partial charge in [-0.2, -0.15) is 0 Å². The van der Waals surface area contributed by atoms with Gasteiger partial charge in [-0.05, 0) is 46.8 Å². The van der Waals surface area contributed by atoms with Crippen molar-refractivity contribution in [2.45, 2.75) is 59.3 Å². The van der Waals surface area contributed by atoms with E-state index >= 15 is 0 Å². The third-order valence-electron chi connectivity index (χ3n) is 5.10. The molecule has 0 amide bonds. The van der Waals surface area contributed by atoms with Gasteiger partial charge in [0.05, 0.1) is 0 Å². The van der Waals surface area contributed by atoms with Crippen molar-refractivity contribution in [3.8, 4) is 0 Å². The van der Waals surface area contributed by atoms with Crippen molar-refractivity contribution in [3.05, 3.63) is 71.3 Å². The van der Waals surface area contributed by atoms with Gasteiger partial charge in [0, 0.05) is 0 Å². The van der Waals surface area contributed by atoms with Crippen LogP contribution in [0.5, 0.6) is 0 Å². The van der Waals surface area contributed by atoms with Crippen LogP contribution in [0.25, 0.3) is 0 Å². The van der Waals surface area contributed by atoms with Gasteiger partial charge in [0.1, 0.15) is 0 Å². The second-order valence-electron chi connectivity index (χ2n) is 7.95. The quantitative estimate of drug-likeness (QED) is 0.576. The second kappa shape index (κ2) is 7.81. The van der Waals surface area contributed by atoms with Crippen molar-refractivity contribution in [2.75, 3.05) is 0 Å². The van der Waals surface area contributed by atoms with E-state index in [2.05, 4.69) is 89.2 Å². The molecule has 0 aliphatic heterocycles. The third-order valence-corrected chi connectivity index (χ3v) is 5.10. The molecule has 2 unspecified atom stereocenters. The Morgan fingerprint density at radius 1 is 0.826 bits per heavy atom. The Bertz CT molecular complexity index is 589. The Labute approximate surface area is 143 Å². The maximum absolute atomic E-state index is 2.41. The summed E-state index contributed by atoms with van der Waals surface area (Å²) in [4.78, 5) is 0. The van der Waals surface area contributed by atoms with Gasteiger partial charge in [0.2, 0.25) is 0 Å². The third kappa shape index (κ3) is 4.96. The summed E-state index contributed by atoms with van der Waals surface area (Å²) >= 11 is 0. The molecule has 0 bridgehead atoms. The summed E-state index contributed by atoms with van der Waals surface area (Å²) < 4.78 is 0. The van der Waals surface area contributed by atoms with Crippen molar-refractivity contribution >= 4 is 0 Å². The monoisotopic (exact) mass is 308 g/mol. The smallest absolute Gasteiger partial charge is 0.0129 e. The number of hydrogen-bond donors (Lipinski definition) is 0. The minimum absolute atomic E-state index is 0.212. The minimum atomic E-state index is 0.212. The zero-order valence-electron chi connectivity index (χ0n) is 15.5. The van der Waals surface area contributed by atoms with Crippen molar-refractivity contribution in [2.24, 2.45) is 11.8 Å². The zero-order chi connectivity index (χ0) is 16.9. The standard InChI is InChI=1S/C23H32/c1-6-18(2)21(16-19-12-8-7-9-13-19)17-20-14-10-11-15-22(20)23(3,4)5/h7-15,18,21H,6,16-17H2,1-5H3. The lowest BCUT2D eigenvalue weighted by molar-refractivity contribution is 0.341. The van der Waals surface area contributed by atoms with Crippen LogP contribution in [-0.2, 0) is 18.3 Å². The van der Waals surface area contributed by atoms with Crippen LogP contribution >= 0.6 is 0 Å². The molecule has 124 valence electrons. The van der Waals surface area contributed by atoms with E-state index in [9.17, 15) is 0 Å². The van der Waals surface area contributed by atoms with Gasteiger partial charge >= 0.3 is 0 Å². The molecule has 2 rings (SSSR count). The van der Waals surface area contributed by atoms with Crippen molar-refractivity contribution in [1.82, 2.24) is 0 Å². The van der Waals surface area contributed by atoms with Crippen LogP contribution < -0.4 is 0 Å². The highest BCUT2D eigenvalue weighted by atomic mass is 14.3. The lowest BCUT2D eigenvalue weighted by Crippen LogP contribution is -2.21. The molecule has 0 aliphatic rings. The van der Waals surface area contributed by atoms with Gasteiger partial charge in [0.25, 0.3) is 0 Å². The molecule has 0 spiro atoms. The van der Waals surface area contributed by atoms with E-state index in [1.165, 1.54) is 36.0 Å². The van der Waals surface area contributed by atoms with E-state index in [4.69, 9.17) is 0 Å². The first-order valence-corrected chi connectivity index (χ1v) is 9.04. The van der Waals surface area contributed by atoms with Gasteiger partial charge < -0.3 is 0 Å². The van der Waals surface area contributed by atoms with E-state index in [1.54, 1.807) is 0 Å². The molecule has 0 aliphatic carbocycles. The van der Waals surface area contributed by atoms with Crippen LogP contribution in [-0.4, -0.2) is 0 Å². The Balaban J connectivity index is 2.25. The lowest BCUT2D eigenvalue weighted by atomic mass is 9.77. The molecule has 0 heterocycles. The summed E-state index contributed by atoms with van der Waals surface area (Å²) in [5.74, 6) is 1.44. The predicted octanol–water partition coefficient (Wildman–Crippen LogP) is 6.43. The van der Waals surface area contributed by atoms with Gasteiger partial charge in [0.15, 0.2) is 0 Å². The summed E-state index contributed by atoms with van der Waals surface area (Å²) in [5, 5.41) is 0. The summed E-state index contributed by atoms with van der Waals surface area (Å²) in [6.45, 7) is 11.7. The fraction of sp³-hybridized carbons (Fsp3) is 0.478. The molecule has 0 nitrogen and oxygen atoms in total. The summed E-state index contributed by atoms with van der Waals surface area (Å²) in [6.07, 6.45) is 3.60. The maximum Gasteiger partial charge on any atom is -0.0129 e. The van der Waals surface area contributed by atoms with Crippen molar-refractivity contribution < 1.29 is 0 Å². The van der Waals surface area contributed by atoms with Crippen LogP contribution in [0.4, 0.5) is 0 Å². The van der Waals surface area contributed by atoms with Gasteiger partial charge in [-0.1, -0.05) is 95.6 Å². The number of rotatable bonds is 6. The molecular formula is C23H32. The van der Waals surface area contributed by atoms with E-state index in [0.717, 1.165) is 5.92 Å². The van der Waals surface area contributed by atoms with Crippen LogP contribution in [0.2, 0.25) is 0 Å². The summed E-state index contributed by atoms with van der Waals surface area (Å²) in [6, 6.07) is 20.0. The first-order chi connectivity index (χ1) is 10.9. The first-order valence-electron chi connectivity index (χ1n) is 9.04. The Kier molecular flexibility index (Phi) is 6.04. The van der Waals surface area contributed by atoms with Crippen LogP contribution in [0.1, 0.15) is 57.7 Å². The van der Waals surface area contributed by atoms with Gasteiger partial charge in [-0.15, -0.1) is 0 Å². The normalized spacial score (nSPS) is 14.5.